The van der Waals surface area contributed by atoms with E-state index >= 15 is 0 Å². The standard InChI is InChI=1S/C17H20N4O4S/c1-10-4-5-11(2)13(8-10)24-9-14-19-20-17(25-14)26-12(3)15(22)21-7-6-18-16(21)23/h4-5,8,12H,6-7,9H2,1-3H3,(H,18,23)/t12-/m0/s1. The molecule has 3 amide bonds. The molecule has 1 aliphatic rings. The van der Waals surface area contributed by atoms with Crippen LogP contribution in [-0.4, -0.2) is 45.4 Å². The molecule has 1 aromatic heterocycles. The number of hydrogen-bond acceptors (Lipinski definition) is 7. The highest BCUT2D eigenvalue weighted by atomic mass is 32.2. The van der Waals surface area contributed by atoms with Gasteiger partial charge in [-0.3, -0.25) is 9.69 Å². The fraction of sp³-hybridized carbons (Fsp3) is 0.412. The first-order valence-corrected chi connectivity index (χ1v) is 9.10. The summed E-state index contributed by atoms with van der Waals surface area (Å²) in [5.41, 5.74) is 2.12. The third-order valence-corrected chi connectivity index (χ3v) is 4.81. The summed E-state index contributed by atoms with van der Waals surface area (Å²) in [5.74, 6) is 0.810. The zero-order valence-electron chi connectivity index (χ0n) is 14.8. The van der Waals surface area contributed by atoms with Crippen molar-refractivity contribution >= 4 is 23.7 Å². The summed E-state index contributed by atoms with van der Waals surface area (Å²) in [7, 11) is 0. The van der Waals surface area contributed by atoms with Crippen molar-refractivity contribution in [2.45, 2.75) is 37.9 Å². The second-order valence-electron chi connectivity index (χ2n) is 6.00. The van der Waals surface area contributed by atoms with Crippen LogP contribution in [-0.2, 0) is 11.4 Å². The van der Waals surface area contributed by atoms with E-state index in [9.17, 15) is 9.59 Å². The van der Waals surface area contributed by atoms with Crippen LogP contribution in [0.15, 0.2) is 27.8 Å². The largest absolute Gasteiger partial charge is 0.484 e. The highest BCUT2D eigenvalue weighted by molar-refractivity contribution is 8.00. The first-order valence-electron chi connectivity index (χ1n) is 8.22. The van der Waals surface area contributed by atoms with Crippen molar-refractivity contribution < 1.29 is 18.7 Å². The average Bonchev–Trinajstić information content (AvgIpc) is 3.24. The molecule has 1 atom stereocenters. The van der Waals surface area contributed by atoms with Crippen molar-refractivity contribution in [2.75, 3.05) is 13.1 Å². The first-order chi connectivity index (χ1) is 12.4. The molecular weight excluding hydrogens is 356 g/mol. The number of aryl methyl sites for hydroxylation is 2. The highest BCUT2D eigenvalue weighted by Gasteiger charge is 2.31. The number of rotatable bonds is 6. The number of imide groups is 1. The van der Waals surface area contributed by atoms with Crippen LogP contribution in [0.4, 0.5) is 4.79 Å². The van der Waals surface area contributed by atoms with E-state index in [1.807, 2.05) is 32.0 Å². The Kier molecular flexibility index (Phi) is 5.46. The molecule has 0 aliphatic carbocycles. The SMILES string of the molecule is Cc1ccc(C)c(OCc2nnc(S[C@@H](C)C(=O)N3CCNC3=O)o2)c1. The minimum absolute atomic E-state index is 0.148. The van der Waals surface area contributed by atoms with Gasteiger partial charge in [-0.05, 0) is 38.0 Å². The Bertz CT molecular complexity index is 823. The third-order valence-electron chi connectivity index (χ3n) is 3.89. The predicted molar refractivity (Wildman–Crippen MR) is 95.0 cm³/mol. The maximum atomic E-state index is 12.3. The summed E-state index contributed by atoms with van der Waals surface area (Å²) in [6.45, 7) is 6.66. The van der Waals surface area contributed by atoms with Gasteiger partial charge in [0.25, 0.3) is 11.1 Å². The molecule has 2 heterocycles. The molecule has 0 saturated carbocycles. The molecule has 26 heavy (non-hydrogen) atoms. The number of carbonyl (C=O) groups is 2. The van der Waals surface area contributed by atoms with Crippen LogP contribution in [0.3, 0.4) is 0 Å². The maximum Gasteiger partial charge on any atom is 0.324 e. The average molecular weight is 376 g/mol. The number of thioether (sulfide) groups is 1. The molecule has 0 spiro atoms. The Morgan fingerprint density at radius 2 is 2.23 bits per heavy atom. The Hall–Kier alpha value is -2.55. The lowest BCUT2D eigenvalue weighted by atomic mass is 10.1. The van der Waals surface area contributed by atoms with Gasteiger partial charge in [0.1, 0.15) is 5.75 Å². The van der Waals surface area contributed by atoms with Gasteiger partial charge in [-0.25, -0.2) is 4.79 Å². The number of nitrogens with one attached hydrogen (secondary N) is 1. The van der Waals surface area contributed by atoms with Gasteiger partial charge in [0.05, 0.1) is 5.25 Å². The van der Waals surface area contributed by atoms with E-state index in [0.717, 1.165) is 28.6 Å². The normalized spacial score (nSPS) is 15.0. The number of nitrogens with zero attached hydrogens (tertiary/aromatic N) is 3. The van der Waals surface area contributed by atoms with E-state index in [4.69, 9.17) is 9.15 Å². The molecule has 1 saturated heterocycles. The number of aromatic nitrogens is 2. The van der Waals surface area contributed by atoms with Crippen molar-refractivity contribution in [3.63, 3.8) is 0 Å². The van der Waals surface area contributed by atoms with Crippen LogP contribution in [0.1, 0.15) is 23.9 Å². The Morgan fingerprint density at radius 1 is 1.42 bits per heavy atom. The molecule has 2 aromatic rings. The molecule has 138 valence electrons. The van der Waals surface area contributed by atoms with Crippen LogP contribution in [0.25, 0.3) is 0 Å². The first kappa shape index (κ1) is 18.2. The number of hydrogen-bond donors (Lipinski definition) is 1. The number of benzene rings is 1. The lowest BCUT2D eigenvalue weighted by molar-refractivity contribution is -0.126. The molecule has 0 unspecified atom stereocenters. The molecule has 9 heteroatoms. The van der Waals surface area contributed by atoms with Crippen molar-refractivity contribution in [3.05, 3.63) is 35.2 Å². The fourth-order valence-electron chi connectivity index (χ4n) is 2.45. The van der Waals surface area contributed by atoms with Crippen LogP contribution in [0.2, 0.25) is 0 Å². The molecule has 0 radical (unpaired) electrons. The molecule has 1 aromatic carbocycles. The summed E-state index contributed by atoms with van der Waals surface area (Å²) >= 11 is 1.12. The van der Waals surface area contributed by atoms with E-state index in [0.29, 0.717) is 19.0 Å². The van der Waals surface area contributed by atoms with Crippen LogP contribution < -0.4 is 10.1 Å². The summed E-state index contributed by atoms with van der Waals surface area (Å²) in [4.78, 5) is 25.0. The smallest absolute Gasteiger partial charge is 0.324 e. The van der Waals surface area contributed by atoms with Gasteiger partial charge in [-0.1, -0.05) is 23.9 Å². The van der Waals surface area contributed by atoms with Crippen molar-refractivity contribution in [2.24, 2.45) is 0 Å². The van der Waals surface area contributed by atoms with Gasteiger partial charge in [-0.2, -0.15) is 0 Å². The van der Waals surface area contributed by atoms with Crippen LogP contribution in [0.5, 0.6) is 5.75 Å². The maximum absolute atomic E-state index is 12.3. The summed E-state index contributed by atoms with van der Waals surface area (Å²) < 4.78 is 11.3. The highest BCUT2D eigenvalue weighted by Crippen LogP contribution is 2.25. The second-order valence-corrected chi connectivity index (χ2v) is 7.29. The van der Waals surface area contributed by atoms with E-state index in [1.165, 1.54) is 4.90 Å². The van der Waals surface area contributed by atoms with Gasteiger partial charge < -0.3 is 14.5 Å². The van der Waals surface area contributed by atoms with Crippen molar-refractivity contribution in [1.29, 1.82) is 0 Å². The number of carbonyl (C=O) groups excluding carboxylic acids is 2. The number of amides is 3. The third kappa shape index (κ3) is 4.16. The summed E-state index contributed by atoms with van der Waals surface area (Å²) in [5, 5.41) is 10.2. The minimum Gasteiger partial charge on any atom is -0.484 e. The van der Waals surface area contributed by atoms with E-state index in [-0.39, 0.29) is 23.8 Å². The lowest BCUT2D eigenvalue weighted by Gasteiger charge is -2.15. The molecule has 1 fully saturated rings. The summed E-state index contributed by atoms with van der Waals surface area (Å²) in [6, 6.07) is 5.59. The Labute approximate surface area is 155 Å². The van der Waals surface area contributed by atoms with Crippen molar-refractivity contribution in [3.8, 4) is 5.75 Å². The van der Waals surface area contributed by atoms with Crippen molar-refractivity contribution in [1.82, 2.24) is 20.4 Å². The predicted octanol–water partition coefficient (Wildman–Crippen LogP) is 2.30. The topological polar surface area (TPSA) is 97.6 Å². The quantitative estimate of drug-likeness (QED) is 0.773. The van der Waals surface area contributed by atoms with Crippen LogP contribution >= 0.6 is 11.8 Å². The fourth-order valence-corrected chi connectivity index (χ4v) is 3.21. The zero-order valence-corrected chi connectivity index (χ0v) is 15.6. The zero-order chi connectivity index (χ0) is 18.7. The van der Waals surface area contributed by atoms with Gasteiger partial charge in [0.2, 0.25) is 5.91 Å². The Morgan fingerprint density at radius 3 is 2.96 bits per heavy atom. The van der Waals surface area contributed by atoms with E-state index in [2.05, 4.69) is 15.5 Å². The van der Waals surface area contributed by atoms with Gasteiger partial charge in [-0.15, -0.1) is 10.2 Å². The number of ether oxygens (including phenoxy) is 1. The molecule has 0 bridgehead atoms. The molecule has 1 N–H and O–H groups in total. The van der Waals surface area contributed by atoms with E-state index in [1.54, 1.807) is 6.92 Å². The monoisotopic (exact) mass is 376 g/mol. The van der Waals surface area contributed by atoms with Gasteiger partial charge in [0.15, 0.2) is 6.61 Å². The van der Waals surface area contributed by atoms with E-state index < -0.39 is 5.25 Å². The molecule has 1 aliphatic heterocycles. The summed E-state index contributed by atoms with van der Waals surface area (Å²) in [6.07, 6.45) is 0. The lowest BCUT2D eigenvalue weighted by Crippen LogP contribution is -2.38. The molecule has 3 rings (SSSR count). The molecule has 8 nitrogen and oxygen atoms in total. The second kappa shape index (κ2) is 7.77. The Balaban J connectivity index is 1.56. The minimum atomic E-state index is -0.507. The van der Waals surface area contributed by atoms with Crippen LogP contribution in [0, 0.1) is 13.8 Å². The van der Waals surface area contributed by atoms with Gasteiger partial charge >= 0.3 is 6.03 Å². The number of urea groups is 1. The molecular formula is C17H20N4O4S. The van der Waals surface area contributed by atoms with Gasteiger partial charge in [0, 0.05) is 13.1 Å².